The van der Waals surface area contributed by atoms with Gasteiger partial charge in [0.2, 0.25) is 0 Å². The van der Waals surface area contributed by atoms with E-state index in [9.17, 15) is 9.59 Å². The molecular formula is C14H14N4O3. The maximum absolute atomic E-state index is 12.0. The van der Waals surface area contributed by atoms with Crippen molar-refractivity contribution in [3.8, 4) is 0 Å². The Morgan fingerprint density at radius 2 is 2.10 bits per heavy atom. The van der Waals surface area contributed by atoms with Crippen LogP contribution in [-0.4, -0.2) is 39.0 Å². The maximum atomic E-state index is 12.0. The molecule has 0 saturated heterocycles. The number of aromatic nitrogens is 2. The van der Waals surface area contributed by atoms with Gasteiger partial charge in [0, 0.05) is 26.0 Å². The predicted molar refractivity (Wildman–Crippen MR) is 75.9 cm³/mol. The molecule has 2 amide bonds. The molecule has 0 aliphatic carbocycles. The van der Waals surface area contributed by atoms with Crippen LogP contribution in [0.5, 0.6) is 0 Å². The number of amides is 2. The highest BCUT2D eigenvalue weighted by Crippen LogP contribution is 2.08. The van der Waals surface area contributed by atoms with Gasteiger partial charge in [0.1, 0.15) is 5.69 Å². The van der Waals surface area contributed by atoms with Crippen LogP contribution < -0.4 is 5.32 Å². The van der Waals surface area contributed by atoms with Gasteiger partial charge in [-0.05, 0) is 23.8 Å². The maximum Gasteiger partial charge on any atom is 0.354 e. The third-order valence-corrected chi connectivity index (χ3v) is 2.72. The highest BCUT2D eigenvalue weighted by Gasteiger charge is 2.10. The first-order chi connectivity index (χ1) is 10.1. The molecule has 2 aromatic rings. The molecular weight excluding hydrogens is 272 g/mol. The van der Waals surface area contributed by atoms with Crippen LogP contribution in [-0.2, 0) is 6.54 Å². The molecule has 7 heteroatoms. The lowest BCUT2D eigenvalue weighted by molar-refractivity contribution is 0.0690. The van der Waals surface area contributed by atoms with Crippen LogP contribution in [0.3, 0.4) is 0 Å². The number of rotatable bonds is 4. The number of anilines is 1. The first-order valence-corrected chi connectivity index (χ1v) is 6.16. The van der Waals surface area contributed by atoms with E-state index in [4.69, 9.17) is 5.11 Å². The van der Waals surface area contributed by atoms with Crippen molar-refractivity contribution < 1.29 is 14.7 Å². The van der Waals surface area contributed by atoms with Crippen molar-refractivity contribution >= 4 is 17.7 Å². The quantitative estimate of drug-likeness (QED) is 0.894. The van der Waals surface area contributed by atoms with Gasteiger partial charge < -0.3 is 15.3 Å². The van der Waals surface area contributed by atoms with Crippen molar-refractivity contribution in [1.29, 1.82) is 0 Å². The molecule has 0 aliphatic rings. The first-order valence-electron chi connectivity index (χ1n) is 6.16. The molecule has 0 bridgehead atoms. The van der Waals surface area contributed by atoms with Crippen molar-refractivity contribution in [2.24, 2.45) is 0 Å². The second-order valence-electron chi connectivity index (χ2n) is 4.38. The predicted octanol–water partition coefficient (Wildman–Crippen LogP) is 1.84. The van der Waals surface area contributed by atoms with Gasteiger partial charge in [-0.2, -0.15) is 0 Å². The minimum absolute atomic E-state index is 0.0725. The fourth-order valence-electron chi connectivity index (χ4n) is 1.65. The standard InChI is InChI=1S/C14H14N4O3/c1-18(9-10-3-2-6-15-7-10)14(21)17-11-4-5-12(13(19)20)16-8-11/h2-8H,9H2,1H3,(H,17,21)(H,19,20). The highest BCUT2D eigenvalue weighted by molar-refractivity contribution is 5.90. The van der Waals surface area contributed by atoms with E-state index >= 15 is 0 Å². The Labute approximate surface area is 121 Å². The van der Waals surface area contributed by atoms with Gasteiger partial charge in [-0.1, -0.05) is 6.07 Å². The van der Waals surface area contributed by atoms with E-state index in [2.05, 4.69) is 15.3 Å². The number of nitrogens with zero attached hydrogens (tertiary/aromatic N) is 3. The molecule has 2 N–H and O–H groups in total. The summed E-state index contributed by atoms with van der Waals surface area (Å²) in [7, 11) is 1.65. The molecule has 0 unspecified atom stereocenters. The van der Waals surface area contributed by atoms with Crippen molar-refractivity contribution in [1.82, 2.24) is 14.9 Å². The molecule has 0 atom stereocenters. The van der Waals surface area contributed by atoms with Crippen molar-refractivity contribution in [3.63, 3.8) is 0 Å². The molecule has 21 heavy (non-hydrogen) atoms. The van der Waals surface area contributed by atoms with E-state index in [1.54, 1.807) is 25.5 Å². The Bertz CT molecular complexity index is 628. The van der Waals surface area contributed by atoms with Crippen LogP contribution in [0.1, 0.15) is 16.1 Å². The van der Waals surface area contributed by atoms with Gasteiger partial charge in [-0.3, -0.25) is 4.98 Å². The number of urea groups is 1. The molecule has 0 spiro atoms. The van der Waals surface area contributed by atoms with E-state index in [-0.39, 0.29) is 11.7 Å². The topological polar surface area (TPSA) is 95.4 Å². The lowest BCUT2D eigenvalue weighted by atomic mass is 10.3. The Hall–Kier alpha value is -2.96. The van der Waals surface area contributed by atoms with Gasteiger partial charge >= 0.3 is 12.0 Å². The Morgan fingerprint density at radius 3 is 2.67 bits per heavy atom. The van der Waals surface area contributed by atoms with E-state index in [0.717, 1.165) is 5.56 Å². The zero-order valence-electron chi connectivity index (χ0n) is 11.4. The number of hydrogen-bond donors (Lipinski definition) is 2. The zero-order chi connectivity index (χ0) is 15.2. The van der Waals surface area contributed by atoms with Crippen molar-refractivity contribution in [3.05, 3.63) is 54.1 Å². The lowest BCUT2D eigenvalue weighted by Crippen LogP contribution is -2.30. The average molecular weight is 286 g/mol. The number of pyridine rings is 2. The van der Waals surface area contributed by atoms with Gasteiger partial charge in [-0.15, -0.1) is 0 Å². The summed E-state index contributed by atoms with van der Waals surface area (Å²) in [4.78, 5) is 31.9. The lowest BCUT2D eigenvalue weighted by Gasteiger charge is -2.17. The minimum atomic E-state index is -1.11. The van der Waals surface area contributed by atoms with Crippen molar-refractivity contribution in [2.45, 2.75) is 6.54 Å². The number of carbonyl (C=O) groups is 2. The Morgan fingerprint density at radius 1 is 1.29 bits per heavy atom. The number of carbonyl (C=O) groups excluding carboxylic acids is 1. The SMILES string of the molecule is CN(Cc1cccnc1)C(=O)Nc1ccc(C(=O)O)nc1. The summed E-state index contributed by atoms with van der Waals surface area (Å²) in [5.74, 6) is -1.11. The van der Waals surface area contributed by atoms with Crippen LogP contribution in [0.2, 0.25) is 0 Å². The summed E-state index contributed by atoms with van der Waals surface area (Å²) in [6.45, 7) is 0.417. The number of hydrogen-bond acceptors (Lipinski definition) is 4. The molecule has 0 fully saturated rings. The van der Waals surface area contributed by atoms with Crippen LogP contribution >= 0.6 is 0 Å². The normalized spacial score (nSPS) is 9.95. The fourth-order valence-corrected chi connectivity index (χ4v) is 1.65. The van der Waals surface area contributed by atoms with Gasteiger partial charge in [-0.25, -0.2) is 14.6 Å². The van der Waals surface area contributed by atoms with E-state index in [0.29, 0.717) is 12.2 Å². The van der Waals surface area contributed by atoms with Crippen LogP contribution in [0.15, 0.2) is 42.9 Å². The third-order valence-electron chi connectivity index (χ3n) is 2.72. The minimum Gasteiger partial charge on any atom is -0.477 e. The van der Waals surface area contributed by atoms with E-state index in [1.165, 1.54) is 23.2 Å². The monoisotopic (exact) mass is 286 g/mol. The summed E-state index contributed by atoms with van der Waals surface area (Å²) in [6, 6.07) is 6.18. The summed E-state index contributed by atoms with van der Waals surface area (Å²) in [6.07, 6.45) is 4.66. The van der Waals surface area contributed by atoms with Crippen LogP contribution in [0.4, 0.5) is 10.5 Å². The molecule has 0 saturated carbocycles. The molecule has 108 valence electrons. The average Bonchev–Trinajstić information content (AvgIpc) is 2.48. The van der Waals surface area contributed by atoms with Gasteiger partial charge in [0.25, 0.3) is 0 Å². The largest absolute Gasteiger partial charge is 0.477 e. The van der Waals surface area contributed by atoms with Gasteiger partial charge in [0.05, 0.1) is 11.9 Å². The van der Waals surface area contributed by atoms with E-state index in [1.807, 2.05) is 6.07 Å². The second kappa shape index (κ2) is 6.47. The smallest absolute Gasteiger partial charge is 0.354 e. The summed E-state index contributed by atoms with van der Waals surface area (Å²) in [5.41, 5.74) is 1.27. The molecule has 2 heterocycles. The second-order valence-corrected chi connectivity index (χ2v) is 4.38. The zero-order valence-corrected chi connectivity index (χ0v) is 11.4. The third kappa shape index (κ3) is 4.00. The Balaban J connectivity index is 1.95. The highest BCUT2D eigenvalue weighted by atomic mass is 16.4. The number of nitrogens with one attached hydrogen (secondary N) is 1. The summed E-state index contributed by atoms with van der Waals surface area (Å²) >= 11 is 0. The number of carboxylic acids is 1. The molecule has 2 rings (SSSR count). The van der Waals surface area contributed by atoms with Crippen molar-refractivity contribution in [2.75, 3.05) is 12.4 Å². The summed E-state index contributed by atoms with van der Waals surface area (Å²) < 4.78 is 0. The molecule has 7 nitrogen and oxygen atoms in total. The number of aromatic carboxylic acids is 1. The Kier molecular flexibility index (Phi) is 4.45. The van der Waals surface area contributed by atoms with Crippen LogP contribution in [0, 0.1) is 0 Å². The molecule has 0 aliphatic heterocycles. The fraction of sp³-hybridized carbons (Fsp3) is 0.143. The first kappa shape index (κ1) is 14.4. The van der Waals surface area contributed by atoms with E-state index < -0.39 is 5.97 Å². The molecule has 0 radical (unpaired) electrons. The summed E-state index contributed by atoms with van der Waals surface area (Å²) in [5, 5.41) is 11.4. The molecule has 0 aromatic carbocycles. The van der Waals surface area contributed by atoms with Crippen LogP contribution in [0.25, 0.3) is 0 Å². The van der Waals surface area contributed by atoms with Gasteiger partial charge in [0.15, 0.2) is 0 Å². The molecule has 2 aromatic heterocycles. The number of carboxylic acid groups (broad SMARTS) is 1.